The Labute approximate surface area is 157 Å². The lowest BCUT2D eigenvalue weighted by molar-refractivity contribution is -0.131. The largest absolute Gasteiger partial charge is 0.478 e. The van der Waals surface area contributed by atoms with Gasteiger partial charge >= 0.3 is 5.97 Å². The summed E-state index contributed by atoms with van der Waals surface area (Å²) in [5.74, 6) is -1.49. The zero-order valence-corrected chi connectivity index (χ0v) is 14.9. The van der Waals surface area contributed by atoms with Crippen LogP contribution in [0.5, 0.6) is 0 Å². The number of hydrogen-bond donors (Lipinski definition) is 2. The molecule has 1 aromatic heterocycles. The van der Waals surface area contributed by atoms with Gasteiger partial charge < -0.3 is 19.7 Å². The van der Waals surface area contributed by atoms with Crippen LogP contribution in [-0.4, -0.2) is 47.4 Å². The lowest BCUT2D eigenvalue weighted by Gasteiger charge is -2.32. The molecule has 1 aromatic carbocycles. The summed E-state index contributed by atoms with van der Waals surface area (Å²) >= 11 is 0. The number of furan rings is 1. The number of likely N-dealkylation sites (tertiary alicyclic amines) is 1. The number of benzene rings is 1. The molecule has 142 valence electrons. The minimum Gasteiger partial charge on any atom is -0.478 e. The Morgan fingerprint density at radius 1 is 1.15 bits per heavy atom. The maximum atomic E-state index is 12.3. The van der Waals surface area contributed by atoms with Crippen molar-refractivity contribution >= 4 is 17.8 Å². The van der Waals surface area contributed by atoms with E-state index >= 15 is 0 Å². The number of aromatic carboxylic acids is 1. The van der Waals surface area contributed by atoms with Crippen molar-refractivity contribution in [2.24, 2.45) is 5.92 Å². The summed E-state index contributed by atoms with van der Waals surface area (Å²) < 4.78 is 4.92. The van der Waals surface area contributed by atoms with Crippen LogP contribution in [0.15, 0.2) is 47.1 Å². The van der Waals surface area contributed by atoms with E-state index in [-0.39, 0.29) is 23.8 Å². The van der Waals surface area contributed by atoms with Crippen molar-refractivity contribution in [2.75, 3.05) is 19.6 Å². The predicted octanol–water partition coefficient (Wildman–Crippen LogP) is 2.19. The number of rotatable bonds is 6. The fourth-order valence-electron chi connectivity index (χ4n) is 3.26. The van der Waals surface area contributed by atoms with Crippen LogP contribution >= 0.6 is 0 Å². The van der Waals surface area contributed by atoms with Crippen LogP contribution in [0.4, 0.5) is 0 Å². The van der Waals surface area contributed by atoms with Crippen LogP contribution in [0.3, 0.4) is 0 Å². The van der Waals surface area contributed by atoms with Gasteiger partial charge in [-0.1, -0.05) is 30.3 Å². The average Bonchev–Trinajstić information content (AvgIpc) is 3.18. The topological polar surface area (TPSA) is 99.8 Å². The molecule has 0 radical (unpaired) electrons. The molecule has 7 heteroatoms. The molecule has 2 N–H and O–H groups in total. The van der Waals surface area contributed by atoms with Gasteiger partial charge in [0.1, 0.15) is 6.26 Å². The Morgan fingerprint density at radius 3 is 2.48 bits per heavy atom. The van der Waals surface area contributed by atoms with Gasteiger partial charge in [-0.05, 0) is 30.7 Å². The van der Waals surface area contributed by atoms with Crippen molar-refractivity contribution in [1.29, 1.82) is 0 Å². The van der Waals surface area contributed by atoms with E-state index in [1.165, 1.54) is 5.56 Å². The molecule has 7 nitrogen and oxygen atoms in total. The van der Waals surface area contributed by atoms with Gasteiger partial charge in [0.25, 0.3) is 5.91 Å². The minimum atomic E-state index is -1.17. The van der Waals surface area contributed by atoms with E-state index < -0.39 is 11.9 Å². The Balaban J connectivity index is 1.42. The van der Waals surface area contributed by atoms with Crippen LogP contribution in [0, 0.1) is 5.92 Å². The van der Waals surface area contributed by atoms with Crippen LogP contribution in [-0.2, 0) is 11.2 Å². The van der Waals surface area contributed by atoms with Crippen LogP contribution < -0.4 is 5.32 Å². The fraction of sp³-hybridized carbons (Fsp3) is 0.350. The third kappa shape index (κ3) is 4.97. The van der Waals surface area contributed by atoms with Crippen molar-refractivity contribution in [3.05, 3.63) is 59.5 Å². The lowest BCUT2D eigenvalue weighted by atomic mass is 9.90. The maximum absolute atomic E-state index is 12.3. The Bertz CT molecular complexity index is 807. The van der Waals surface area contributed by atoms with E-state index in [0.29, 0.717) is 19.0 Å². The number of amides is 2. The van der Waals surface area contributed by atoms with Crippen molar-refractivity contribution in [2.45, 2.75) is 19.3 Å². The number of nitrogens with one attached hydrogen (secondary N) is 1. The lowest BCUT2D eigenvalue weighted by Crippen LogP contribution is -2.44. The number of carboxylic acids is 1. The molecular formula is C20H22N2O5. The smallest absolute Gasteiger partial charge is 0.338 e. The summed E-state index contributed by atoms with van der Waals surface area (Å²) in [7, 11) is 0. The second kappa shape index (κ2) is 8.53. The summed E-state index contributed by atoms with van der Waals surface area (Å²) in [6, 6.07) is 11.5. The van der Waals surface area contributed by atoms with E-state index in [2.05, 4.69) is 17.4 Å². The van der Waals surface area contributed by atoms with Crippen molar-refractivity contribution in [3.8, 4) is 0 Å². The first-order valence-electron chi connectivity index (χ1n) is 8.94. The third-order valence-electron chi connectivity index (χ3n) is 4.80. The van der Waals surface area contributed by atoms with Crippen LogP contribution in [0.25, 0.3) is 0 Å². The van der Waals surface area contributed by atoms with Gasteiger partial charge in [-0.3, -0.25) is 9.59 Å². The van der Waals surface area contributed by atoms with Gasteiger partial charge in [0, 0.05) is 19.2 Å². The summed E-state index contributed by atoms with van der Waals surface area (Å²) in [5, 5.41) is 11.3. The average molecular weight is 370 g/mol. The third-order valence-corrected chi connectivity index (χ3v) is 4.80. The fourth-order valence-corrected chi connectivity index (χ4v) is 3.26. The molecule has 1 fully saturated rings. The zero-order chi connectivity index (χ0) is 19.2. The summed E-state index contributed by atoms with van der Waals surface area (Å²) in [5.41, 5.74) is 1.21. The van der Waals surface area contributed by atoms with E-state index in [4.69, 9.17) is 9.52 Å². The highest BCUT2D eigenvalue weighted by atomic mass is 16.4. The van der Waals surface area contributed by atoms with E-state index in [0.717, 1.165) is 31.6 Å². The molecular weight excluding hydrogens is 348 g/mol. The monoisotopic (exact) mass is 370 g/mol. The molecule has 1 saturated heterocycles. The molecule has 0 unspecified atom stereocenters. The van der Waals surface area contributed by atoms with Crippen LogP contribution in [0.2, 0.25) is 0 Å². The molecule has 1 aliphatic rings. The first-order chi connectivity index (χ1) is 13.0. The number of carbonyl (C=O) groups excluding carboxylic acids is 2. The van der Waals surface area contributed by atoms with Gasteiger partial charge in [0.2, 0.25) is 5.91 Å². The molecule has 0 atom stereocenters. The van der Waals surface area contributed by atoms with E-state index in [9.17, 15) is 14.4 Å². The second-order valence-electron chi connectivity index (χ2n) is 6.70. The van der Waals surface area contributed by atoms with Gasteiger partial charge in [0.05, 0.1) is 12.1 Å². The van der Waals surface area contributed by atoms with Gasteiger partial charge in [-0.15, -0.1) is 0 Å². The summed E-state index contributed by atoms with van der Waals surface area (Å²) in [4.78, 5) is 36.8. The van der Waals surface area contributed by atoms with Crippen LogP contribution in [0.1, 0.15) is 39.3 Å². The van der Waals surface area contributed by atoms with Crippen molar-refractivity contribution < 1.29 is 23.9 Å². The maximum Gasteiger partial charge on any atom is 0.338 e. The SMILES string of the molecule is O=C(O)c1coc(C(=O)NCC(=O)N2CCC(Cc3ccccc3)CC2)c1. The minimum absolute atomic E-state index is 0.105. The Kier molecular flexibility index (Phi) is 5.90. The molecule has 0 spiro atoms. The van der Waals surface area contributed by atoms with Gasteiger partial charge in [-0.25, -0.2) is 4.79 Å². The first-order valence-corrected chi connectivity index (χ1v) is 8.94. The summed E-state index contributed by atoms with van der Waals surface area (Å²) in [6.45, 7) is 1.22. The van der Waals surface area contributed by atoms with E-state index in [1.54, 1.807) is 4.90 Å². The zero-order valence-electron chi connectivity index (χ0n) is 14.9. The predicted molar refractivity (Wildman–Crippen MR) is 97.5 cm³/mol. The molecule has 27 heavy (non-hydrogen) atoms. The van der Waals surface area contributed by atoms with Gasteiger partial charge in [0.15, 0.2) is 5.76 Å². The number of carboxylic acid groups (broad SMARTS) is 1. The second-order valence-corrected chi connectivity index (χ2v) is 6.70. The molecule has 0 saturated carbocycles. The summed E-state index contributed by atoms with van der Waals surface area (Å²) in [6.07, 6.45) is 3.89. The molecule has 2 aromatic rings. The Morgan fingerprint density at radius 2 is 1.85 bits per heavy atom. The highest BCUT2D eigenvalue weighted by Crippen LogP contribution is 2.21. The number of carbonyl (C=O) groups is 3. The first kappa shape index (κ1) is 18.7. The molecule has 0 bridgehead atoms. The molecule has 1 aliphatic heterocycles. The standard InChI is InChI=1S/C20H22N2O5/c23-18(12-21-19(24)17-11-16(13-27-17)20(25)26)22-8-6-15(7-9-22)10-14-4-2-1-3-5-14/h1-5,11,13,15H,6-10,12H2,(H,21,24)(H,25,26). The number of piperidine rings is 1. The quantitative estimate of drug-likeness (QED) is 0.812. The Hall–Kier alpha value is -3.09. The molecule has 2 amide bonds. The van der Waals surface area contributed by atoms with Crippen molar-refractivity contribution in [1.82, 2.24) is 10.2 Å². The van der Waals surface area contributed by atoms with E-state index in [1.807, 2.05) is 18.2 Å². The number of nitrogens with zero attached hydrogens (tertiary/aromatic N) is 1. The molecule has 3 rings (SSSR count). The normalized spacial score (nSPS) is 14.7. The highest BCUT2D eigenvalue weighted by molar-refractivity contribution is 5.97. The molecule has 0 aliphatic carbocycles. The molecule has 2 heterocycles. The van der Waals surface area contributed by atoms with Gasteiger partial charge in [-0.2, -0.15) is 0 Å². The van der Waals surface area contributed by atoms with Crippen molar-refractivity contribution in [3.63, 3.8) is 0 Å². The highest BCUT2D eigenvalue weighted by Gasteiger charge is 2.23. The number of hydrogen-bond acceptors (Lipinski definition) is 4.